The topological polar surface area (TPSA) is 78.7 Å². The Morgan fingerprint density at radius 1 is 1.14 bits per heavy atom. The molecule has 0 atom stereocenters. The van der Waals surface area contributed by atoms with Crippen molar-refractivity contribution in [3.8, 4) is 0 Å². The van der Waals surface area contributed by atoms with Crippen LogP contribution in [0.5, 0.6) is 0 Å². The van der Waals surface area contributed by atoms with Gasteiger partial charge in [0, 0.05) is 56.4 Å². The van der Waals surface area contributed by atoms with E-state index in [9.17, 15) is 14.9 Å². The lowest BCUT2D eigenvalue weighted by atomic mass is 9.99. The zero-order valence-corrected chi connectivity index (χ0v) is 16.5. The van der Waals surface area contributed by atoms with Gasteiger partial charge in [-0.05, 0) is 49.1 Å². The quantitative estimate of drug-likeness (QED) is 0.621. The summed E-state index contributed by atoms with van der Waals surface area (Å²) in [7, 11) is 3.60. The smallest absolute Gasteiger partial charge is 0.270 e. The number of non-ortho nitro benzene ring substituents is 1. The van der Waals surface area contributed by atoms with Gasteiger partial charge in [0.25, 0.3) is 11.6 Å². The molecule has 0 spiro atoms. The van der Waals surface area contributed by atoms with Crippen molar-refractivity contribution < 1.29 is 9.72 Å². The third-order valence-corrected chi connectivity index (χ3v) is 5.19. The summed E-state index contributed by atoms with van der Waals surface area (Å²) in [5, 5.41) is 13.9. The van der Waals surface area contributed by atoms with Crippen LogP contribution in [0.1, 0.15) is 30.1 Å². The molecule has 0 aromatic heterocycles. The second-order valence-corrected chi connectivity index (χ2v) is 7.52. The molecule has 0 aliphatic carbocycles. The monoisotopic (exact) mass is 382 g/mol. The molecule has 148 valence electrons. The Morgan fingerprint density at radius 3 is 2.36 bits per heavy atom. The van der Waals surface area contributed by atoms with E-state index < -0.39 is 4.92 Å². The fourth-order valence-electron chi connectivity index (χ4n) is 3.43. The maximum atomic E-state index is 12.8. The number of nitrogens with one attached hydrogen (secondary N) is 1. The van der Waals surface area contributed by atoms with Crippen molar-refractivity contribution in [2.75, 3.05) is 42.3 Å². The molecule has 1 heterocycles. The van der Waals surface area contributed by atoms with E-state index in [4.69, 9.17) is 0 Å². The molecular formula is C21H26N4O3. The van der Waals surface area contributed by atoms with E-state index in [1.807, 2.05) is 24.3 Å². The van der Waals surface area contributed by atoms with Crippen molar-refractivity contribution in [1.29, 1.82) is 0 Å². The highest BCUT2D eigenvalue weighted by molar-refractivity contribution is 6.08. The van der Waals surface area contributed by atoms with Gasteiger partial charge in [-0.2, -0.15) is 0 Å². The molecule has 1 amide bonds. The lowest BCUT2D eigenvalue weighted by molar-refractivity contribution is -0.384. The number of amides is 1. The van der Waals surface area contributed by atoms with Gasteiger partial charge in [0.05, 0.1) is 10.5 Å². The maximum absolute atomic E-state index is 12.8. The summed E-state index contributed by atoms with van der Waals surface area (Å²) in [6.45, 7) is 4.38. The number of nitrogens with zero attached hydrogens (tertiary/aromatic N) is 3. The maximum Gasteiger partial charge on any atom is 0.270 e. The molecule has 1 aliphatic heterocycles. The standard InChI is InChI=1S/C21H26N4O3/c1-15-10-12-24(13-11-15)17-6-4-16(5-7-17)22-21(26)19-14-18(25(27)28)8-9-20(19)23(2)3/h4-9,14-15H,10-13H2,1-3H3,(H,22,26). The SMILES string of the molecule is CC1CCN(c2ccc(NC(=O)c3cc([N+](=O)[O-])ccc3N(C)C)cc2)CC1. The first-order chi connectivity index (χ1) is 13.3. The largest absolute Gasteiger partial charge is 0.377 e. The van der Waals surface area contributed by atoms with Gasteiger partial charge >= 0.3 is 0 Å². The molecular weight excluding hydrogens is 356 g/mol. The molecule has 2 aromatic rings. The average molecular weight is 382 g/mol. The zero-order chi connectivity index (χ0) is 20.3. The van der Waals surface area contributed by atoms with Crippen LogP contribution in [0.2, 0.25) is 0 Å². The molecule has 28 heavy (non-hydrogen) atoms. The highest BCUT2D eigenvalue weighted by Gasteiger charge is 2.19. The first-order valence-electron chi connectivity index (χ1n) is 9.47. The molecule has 7 heteroatoms. The zero-order valence-electron chi connectivity index (χ0n) is 16.5. The summed E-state index contributed by atoms with van der Waals surface area (Å²) in [5.41, 5.74) is 2.60. The second-order valence-electron chi connectivity index (χ2n) is 7.52. The van der Waals surface area contributed by atoms with Crippen molar-refractivity contribution in [1.82, 2.24) is 0 Å². The Morgan fingerprint density at radius 2 is 1.79 bits per heavy atom. The van der Waals surface area contributed by atoms with Crippen LogP contribution in [0.3, 0.4) is 0 Å². The number of carbonyl (C=O) groups is 1. The number of carbonyl (C=O) groups excluding carboxylic acids is 1. The van der Waals surface area contributed by atoms with E-state index in [1.165, 1.54) is 25.0 Å². The number of rotatable bonds is 5. The van der Waals surface area contributed by atoms with Crippen LogP contribution >= 0.6 is 0 Å². The molecule has 1 aliphatic rings. The number of nitro benzene ring substituents is 1. The molecule has 0 radical (unpaired) electrons. The van der Waals surface area contributed by atoms with Crippen molar-refractivity contribution in [3.05, 3.63) is 58.1 Å². The average Bonchev–Trinajstić information content (AvgIpc) is 2.68. The van der Waals surface area contributed by atoms with Crippen molar-refractivity contribution in [2.45, 2.75) is 19.8 Å². The Hall–Kier alpha value is -3.09. The van der Waals surface area contributed by atoms with E-state index >= 15 is 0 Å². The molecule has 0 saturated carbocycles. The first-order valence-corrected chi connectivity index (χ1v) is 9.47. The fourth-order valence-corrected chi connectivity index (χ4v) is 3.43. The normalized spacial score (nSPS) is 14.6. The number of piperidine rings is 1. The second kappa shape index (κ2) is 8.29. The van der Waals surface area contributed by atoms with Gasteiger partial charge in [-0.25, -0.2) is 0 Å². The van der Waals surface area contributed by atoms with Gasteiger partial charge in [0.1, 0.15) is 0 Å². The van der Waals surface area contributed by atoms with Gasteiger partial charge in [0.15, 0.2) is 0 Å². The van der Waals surface area contributed by atoms with E-state index in [0.29, 0.717) is 11.4 Å². The predicted molar refractivity (Wildman–Crippen MR) is 112 cm³/mol. The predicted octanol–water partition coefficient (Wildman–Crippen LogP) is 4.15. The molecule has 2 aromatic carbocycles. The van der Waals surface area contributed by atoms with Gasteiger partial charge in [-0.1, -0.05) is 6.92 Å². The van der Waals surface area contributed by atoms with Gasteiger partial charge in [0.2, 0.25) is 0 Å². The molecule has 1 saturated heterocycles. The summed E-state index contributed by atoms with van der Waals surface area (Å²) < 4.78 is 0. The number of nitro groups is 1. The highest BCUT2D eigenvalue weighted by atomic mass is 16.6. The summed E-state index contributed by atoms with van der Waals surface area (Å²) in [6.07, 6.45) is 2.39. The molecule has 0 bridgehead atoms. The number of anilines is 3. The minimum atomic E-state index is -0.496. The van der Waals surface area contributed by atoms with Crippen LogP contribution in [0.25, 0.3) is 0 Å². The van der Waals surface area contributed by atoms with Crippen LogP contribution in [0.4, 0.5) is 22.7 Å². The molecule has 1 fully saturated rings. The number of hydrogen-bond acceptors (Lipinski definition) is 5. The van der Waals surface area contributed by atoms with E-state index in [2.05, 4.69) is 17.1 Å². The summed E-state index contributed by atoms with van der Waals surface area (Å²) >= 11 is 0. The van der Waals surface area contributed by atoms with Gasteiger partial charge in [-0.3, -0.25) is 14.9 Å². The third kappa shape index (κ3) is 4.42. The number of benzene rings is 2. The van der Waals surface area contributed by atoms with Crippen LogP contribution in [0.15, 0.2) is 42.5 Å². The van der Waals surface area contributed by atoms with E-state index in [1.54, 1.807) is 25.1 Å². The Kier molecular flexibility index (Phi) is 5.82. The third-order valence-electron chi connectivity index (χ3n) is 5.19. The van der Waals surface area contributed by atoms with Crippen LogP contribution in [0, 0.1) is 16.0 Å². The van der Waals surface area contributed by atoms with Crippen molar-refractivity contribution in [2.24, 2.45) is 5.92 Å². The molecule has 3 rings (SSSR count). The summed E-state index contributed by atoms with van der Waals surface area (Å²) in [5.74, 6) is 0.405. The van der Waals surface area contributed by atoms with Gasteiger partial charge < -0.3 is 15.1 Å². The Labute approximate surface area is 165 Å². The van der Waals surface area contributed by atoms with E-state index in [-0.39, 0.29) is 17.2 Å². The Balaban J connectivity index is 1.76. The van der Waals surface area contributed by atoms with E-state index in [0.717, 1.165) is 24.7 Å². The summed E-state index contributed by atoms with van der Waals surface area (Å²) in [6, 6.07) is 12.1. The minimum Gasteiger partial charge on any atom is -0.377 e. The highest BCUT2D eigenvalue weighted by Crippen LogP contribution is 2.27. The lowest BCUT2D eigenvalue weighted by Crippen LogP contribution is -2.32. The van der Waals surface area contributed by atoms with Crippen LogP contribution < -0.4 is 15.1 Å². The Bertz CT molecular complexity index is 856. The molecule has 0 unspecified atom stereocenters. The summed E-state index contributed by atoms with van der Waals surface area (Å²) in [4.78, 5) is 27.5. The molecule has 7 nitrogen and oxygen atoms in total. The van der Waals surface area contributed by atoms with Crippen LogP contribution in [-0.4, -0.2) is 38.0 Å². The van der Waals surface area contributed by atoms with Crippen molar-refractivity contribution >= 4 is 28.7 Å². The first kappa shape index (κ1) is 19.7. The lowest BCUT2D eigenvalue weighted by Gasteiger charge is -2.32. The number of hydrogen-bond donors (Lipinski definition) is 1. The molecule has 1 N–H and O–H groups in total. The van der Waals surface area contributed by atoms with Gasteiger partial charge in [-0.15, -0.1) is 0 Å². The minimum absolute atomic E-state index is 0.106. The van der Waals surface area contributed by atoms with Crippen molar-refractivity contribution in [3.63, 3.8) is 0 Å². The van der Waals surface area contributed by atoms with Crippen LogP contribution in [-0.2, 0) is 0 Å². The fraction of sp³-hybridized carbons (Fsp3) is 0.381.